The van der Waals surface area contributed by atoms with Crippen LogP contribution in [0, 0.1) is 0 Å². The molecule has 0 aliphatic carbocycles. The van der Waals surface area contributed by atoms with E-state index in [0.29, 0.717) is 93.4 Å². The Balaban J connectivity index is 0.00000115. The molecule has 79 heavy (non-hydrogen) atoms. The van der Waals surface area contributed by atoms with Crippen LogP contribution in [0.2, 0.25) is 0 Å². The quantitative estimate of drug-likeness (QED) is 0.0225. The molecule has 0 spiro atoms. The summed E-state index contributed by atoms with van der Waals surface area (Å²) in [5.41, 5.74) is -1.53. The molecule has 1 radical (unpaired) electrons. The molecule has 0 saturated carbocycles. The topological polar surface area (TPSA) is 180 Å². The fourth-order valence-corrected chi connectivity index (χ4v) is 7.66. The van der Waals surface area contributed by atoms with Crippen LogP contribution in [0.3, 0.4) is 0 Å². The summed E-state index contributed by atoms with van der Waals surface area (Å²) in [6, 6.07) is 22.6. The molecule has 3 aromatic rings. The number of hydrogen-bond acceptors (Lipinski definition) is 15. The van der Waals surface area contributed by atoms with Crippen LogP contribution in [-0.2, 0) is 81.6 Å². The first-order valence-electron chi connectivity index (χ1n) is 29.8. The normalized spacial score (nSPS) is 11.5. The molecule has 3 rings (SSSR count). The second-order valence-electron chi connectivity index (χ2n) is 19.8. The van der Waals surface area contributed by atoms with Crippen molar-refractivity contribution < 1.29 is 94.8 Å². The standard InChI is InChI=1S/3C21H36O5.Ti/c3*1-4-7-14-23-17-21(26-22,18-24-15-8-5-2)19-12-10-11-13-20(19)25-16-9-6-3;/h3*10-13,22H,4-9,14-18H2,1-3H3;/q;;;+3/p-3. The fraction of sp³-hybridized carbons (Fsp3) is 0.714. The van der Waals surface area contributed by atoms with Crippen LogP contribution in [0.15, 0.2) is 72.8 Å². The zero-order chi connectivity index (χ0) is 57.3. The maximum absolute atomic E-state index is 11.8. The molecule has 3 aromatic carbocycles. The average molecular weight is 1150 g/mol. The minimum Gasteiger partial charge on any atom is -0.722 e. The van der Waals surface area contributed by atoms with Gasteiger partial charge in [-0.1, -0.05) is 175 Å². The zero-order valence-electron chi connectivity index (χ0n) is 50.4. The van der Waals surface area contributed by atoms with E-state index in [9.17, 15) is 15.8 Å². The van der Waals surface area contributed by atoms with Gasteiger partial charge in [0.2, 0.25) is 0 Å². The molecule has 16 heteroatoms. The molecule has 0 saturated heterocycles. The summed E-state index contributed by atoms with van der Waals surface area (Å²) in [7, 11) is 0. The van der Waals surface area contributed by atoms with Gasteiger partial charge in [0.1, 0.15) is 34.1 Å². The van der Waals surface area contributed by atoms with Gasteiger partial charge in [0.05, 0.1) is 59.5 Å². The van der Waals surface area contributed by atoms with Crippen molar-refractivity contribution in [3.8, 4) is 17.2 Å². The van der Waals surface area contributed by atoms with Gasteiger partial charge in [0.25, 0.3) is 0 Å². The number of unbranched alkanes of at least 4 members (excludes halogenated alkanes) is 9. The molecule has 0 N–H and O–H groups in total. The van der Waals surface area contributed by atoms with E-state index < -0.39 is 16.8 Å². The van der Waals surface area contributed by atoms with Crippen molar-refractivity contribution in [2.24, 2.45) is 0 Å². The molecule has 0 unspecified atom stereocenters. The van der Waals surface area contributed by atoms with Crippen LogP contribution in [0.25, 0.3) is 0 Å². The van der Waals surface area contributed by atoms with Gasteiger partial charge in [0, 0.05) is 56.3 Å². The summed E-state index contributed by atoms with van der Waals surface area (Å²) in [5.74, 6) is 1.99. The number of para-hydroxylation sites is 3. The Kier molecular flexibility index (Phi) is 49.2. The van der Waals surface area contributed by atoms with Crippen molar-refractivity contribution in [1.82, 2.24) is 0 Å². The third kappa shape index (κ3) is 31.0. The van der Waals surface area contributed by atoms with Crippen LogP contribution in [-0.4, -0.2) is 99.1 Å². The number of hydrogen-bond donors (Lipinski definition) is 0. The average Bonchev–Trinajstić information content (AvgIpc) is 3.50. The first-order valence-corrected chi connectivity index (χ1v) is 29.8. The molecule has 451 valence electrons. The van der Waals surface area contributed by atoms with Gasteiger partial charge >= 0.3 is 21.7 Å². The minimum atomic E-state index is -1.20. The predicted molar refractivity (Wildman–Crippen MR) is 303 cm³/mol. The molecule has 0 aromatic heterocycles. The smallest absolute Gasteiger partial charge is 0.722 e. The van der Waals surface area contributed by atoms with Crippen LogP contribution in [0.1, 0.15) is 195 Å². The minimum absolute atomic E-state index is 0. The van der Waals surface area contributed by atoms with E-state index >= 15 is 0 Å². The Morgan fingerprint density at radius 3 is 0.633 bits per heavy atom. The summed E-state index contributed by atoms with van der Waals surface area (Å²) >= 11 is 0. The molecule has 0 aliphatic heterocycles. The predicted octanol–water partition coefficient (Wildman–Crippen LogP) is 12.0. The Morgan fingerprint density at radius 2 is 0.456 bits per heavy atom. The van der Waals surface area contributed by atoms with Crippen molar-refractivity contribution >= 4 is 0 Å². The fourth-order valence-electron chi connectivity index (χ4n) is 7.66. The van der Waals surface area contributed by atoms with Gasteiger partial charge in [-0.3, -0.25) is 0 Å². The van der Waals surface area contributed by atoms with Gasteiger partial charge in [-0.05, 0) is 76.0 Å². The van der Waals surface area contributed by atoms with Crippen molar-refractivity contribution in [1.29, 1.82) is 0 Å². The summed E-state index contributed by atoms with van der Waals surface area (Å²) in [6.07, 6.45) is 17.9. The number of benzene rings is 3. The summed E-state index contributed by atoms with van der Waals surface area (Å²) < 4.78 is 52.3. The zero-order valence-corrected chi connectivity index (χ0v) is 51.9. The Bertz CT molecular complexity index is 1570. The summed E-state index contributed by atoms with van der Waals surface area (Å²) in [6.45, 7) is 25.2. The molecule has 0 bridgehead atoms. The first kappa shape index (κ1) is 76.3. The SMILES string of the molecule is CCCCOCC(COCCCC)(O[O-])c1ccccc1OCCCC.CCCCOCC(COCCCC)(O[O-])c1ccccc1OCCCC.CCCCOCC(COCCCC)(O[O-])c1ccccc1OCCCC.[Ti+3]. The monoisotopic (exact) mass is 1150 g/mol. The molecule has 0 heterocycles. The van der Waals surface area contributed by atoms with Crippen LogP contribution >= 0.6 is 0 Å². The molecule has 0 aliphatic rings. The first-order chi connectivity index (χ1) is 38.2. The second-order valence-corrected chi connectivity index (χ2v) is 19.8. The maximum Gasteiger partial charge on any atom is 3.00 e. The van der Waals surface area contributed by atoms with E-state index in [1.54, 1.807) is 0 Å². The van der Waals surface area contributed by atoms with Crippen LogP contribution in [0.5, 0.6) is 17.2 Å². The number of rotatable bonds is 48. The number of ether oxygens (including phenoxy) is 9. The van der Waals surface area contributed by atoms with Crippen LogP contribution < -0.4 is 30.0 Å². The van der Waals surface area contributed by atoms with Gasteiger partial charge in [-0.15, -0.1) is 0 Å². The van der Waals surface area contributed by atoms with E-state index in [0.717, 1.165) is 116 Å². The Hall–Kier alpha value is -2.71. The van der Waals surface area contributed by atoms with Gasteiger partial charge in [-0.25, -0.2) is 0 Å². The Morgan fingerprint density at radius 1 is 0.278 bits per heavy atom. The van der Waals surface area contributed by atoms with Crippen molar-refractivity contribution in [2.75, 3.05) is 99.1 Å². The molecule has 0 fully saturated rings. The van der Waals surface area contributed by atoms with E-state index in [1.165, 1.54) is 0 Å². The van der Waals surface area contributed by atoms with Crippen molar-refractivity contribution in [3.05, 3.63) is 89.5 Å². The Labute approximate surface area is 493 Å². The van der Waals surface area contributed by atoms with E-state index in [-0.39, 0.29) is 61.4 Å². The summed E-state index contributed by atoms with van der Waals surface area (Å²) in [5, 5.41) is 35.5. The van der Waals surface area contributed by atoms with Crippen molar-refractivity contribution in [2.45, 2.75) is 195 Å². The molecular formula is C63H105O15Ti. The van der Waals surface area contributed by atoms with Crippen molar-refractivity contribution in [3.63, 3.8) is 0 Å². The second kappa shape index (κ2) is 51.0. The summed E-state index contributed by atoms with van der Waals surface area (Å²) in [4.78, 5) is 14.3. The third-order valence-corrected chi connectivity index (χ3v) is 12.7. The molecular weight excluding hydrogens is 1040 g/mol. The molecule has 0 amide bonds. The maximum atomic E-state index is 11.8. The van der Waals surface area contributed by atoms with E-state index in [1.807, 2.05) is 72.8 Å². The van der Waals surface area contributed by atoms with Crippen LogP contribution in [0.4, 0.5) is 0 Å². The molecule has 0 atom stereocenters. The van der Waals surface area contributed by atoms with Gasteiger partial charge in [0.15, 0.2) is 0 Å². The molecule has 15 nitrogen and oxygen atoms in total. The largest absolute Gasteiger partial charge is 3.00 e. The third-order valence-electron chi connectivity index (χ3n) is 12.7. The van der Waals surface area contributed by atoms with E-state index in [4.69, 9.17) is 57.3 Å². The van der Waals surface area contributed by atoms with Gasteiger partial charge < -0.3 is 73.1 Å². The van der Waals surface area contributed by atoms with Gasteiger partial charge in [-0.2, -0.15) is 0 Å². The van der Waals surface area contributed by atoms with E-state index in [2.05, 4.69) is 62.3 Å².